The number of carbonyl (C=O) groups is 1. The Morgan fingerprint density at radius 1 is 1.38 bits per heavy atom. The normalized spacial score (nSPS) is 11.6. The highest BCUT2D eigenvalue weighted by molar-refractivity contribution is 5.78. The minimum atomic E-state index is -2.44. The van der Waals surface area contributed by atoms with E-state index in [9.17, 15) is 13.6 Å². The molecular weight excluding hydrogens is 216 g/mol. The molecular formula is C10H21F2N3O. The second kappa shape index (κ2) is 7.51. The lowest BCUT2D eigenvalue weighted by Gasteiger charge is -2.26. The van der Waals surface area contributed by atoms with Gasteiger partial charge in [-0.1, -0.05) is 0 Å². The van der Waals surface area contributed by atoms with Crippen molar-refractivity contribution in [3.05, 3.63) is 0 Å². The number of alkyl halides is 2. The van der Waals surface area contributed by atoms with E-state index in [1.54, 1.807) is 7.05 Å². The number of hydrogen-bond donors (Lipinski definition) is 1. The van der Waals surface area contributed by atoms with Crippen LogP contribution >= 0.6 is 0 Å². The van der Waals surface area contributed by atoms with Crippen LogP contribution in [0.1, 0.15) is 13.8 Å². The molecule has 0 aliphatic rings. The molecule has 0 bridgehead atoms. The van der Waals surface area contributed by atoms with Crippen LogP contribution in [0.4, 0.5) is 8.78 Å². The Balaban J connectivity index is 4.22. The van der Waals surface area contributed by atoms with Crippen molar-refractivity contribution in [2.45, 2.75) is 26.3 Å². The summed E-state index contributed by atoms with van der Waals surface area (Å²) in [6, 6.07) is 0.0683. The van der Waals surface area contributed by atoms with Crippen LogP contribution in [0.2, 0.25) is 0 Å². The van der Waals surface area contributed by atoms with Gasteiger partial charge in [0.05, 0.1) is 13.1 Å². The maximum Gasteiger partial charge on any atom is 0.251 e. The van der Waals surface area contributed by atoms with Gasteiger partial charge in [0.1, 0.15) is 0 Å². The first-order valence-electron chi connectivity index (χ1n) is 5.34. The van der Waals surface area contributed by atoms with Crippen LogP contribution in [0.3, 0.4) is 0 Å². The topological polar surface area (TPSA) is 49.6 Å². The third kappa shape index (κ3) is 5.97. The third-order valence-corrected chi connectivity index (χ3v) is 2.37. The van der Waals surface area contributed by atoms with E-state index in [0.717, 1.165) is 0 Å². The van der Waals surface area contributed by atoms with Crippen LogP contribution in [0, 0.1) is 0 Å². The summed E-state index contributed by atoms with van der Waals surface area (Å²) < 4.78 is 24.4. The monoisotopic (exact) mass is 237 g/mol. The zero-order chi connectivity index (χ0) is 12.7. The summed E-state index contributed by atoms with van der Waals surface area (Å²) in [5, 5.41) is 0. The number of halogens is 2. The van der Waals surface area contributed by atoms with Crippen LogP contribution < -0.4 is 5.73 Å². The van der Waals surface area contributed by atoms with Gasteiger partial charge in [0.25, 0.3) is 6.43 Å². The Morgan fingerprint density at radius 2 is 1.94 bits per heavy atom. The summed E-state index contributed by atoms with van der Waals surface area (Å²) in [4.78, 5) is 14.6. The highest BCUT2D eigenvalue weighted by Crippen LogP contribution is 2.01. The van der Waals surface area contributed by atoms with Crippen molar-refractivity contribution in [2.24, 2.45) is 5.73 Å². The lowest BCUT2D eigenvalue weighted by molar-refractivity contribution is -0.132. The Morgan fingerprint density at radius 3 is 2.31 bits per heavy atom. The number of carbonyl (C=O) groups excluding carboxylic acids is 1. The molecule has 4 nitrogen and oxygen atoms in total. The van der Waals surface area contributed by atoms with Crippen LogP contribution in [0.5, 0.6) is 0 Å². The van der Waals surface area contributed by atoms with Gasteiger partial charge in [-0.25, -0.2) is 8.78 Å². The maximum absolute atomic E-state index is 12.2. The van der Waals surface area contributed by atoms with E-state index in [4.69, 9.17) is 5.73 Å². The van der Waals surface area contributed by atoms with Crippen LogP contribution in [0.25, 0.3) is 0 Å². The molecule has 0 fully saturated rings. The van der Waals surface area contributed by atoms with E-state index in [0.29, 0.717) is 6.54 Å². The van der Waals surface area contributed by atoms with Gasteiger partial charge >= 0.3 is 0 Å². The van der Waals surface area contributed by atoms with Crippen molar-refractivity contribution in [3.8, 4) is 0 Å². The van der Waals surface area contributed by atoms with Gasteiger partial charge in [-0.15, -0.1) is 0 Å². The quantitative estimate of drug-likeness (QED) is 0.696. The van der Waals surface area contributed by atoms with Gasteiger partial charge in [0.15, 0.2) is 0 Å². The SMILES string of the molecule is CC(C)N(C)C(=O)CN(CCN)CC(F)F. The Bertz CT molecular complexity index is 212. The van der Waals surface area contributed by atoms with Gasteiger partial charge in [0, 0.05) is 26.2 Å². The summed E-state index contributed by atoms with van der Waals surface area (Å²) in [6.07, 6.45) is -2.44. The minimum absolute atomic E-state index is 0.00375. The molecule has 0 aromatic heterocycles. The van der Waals surface area contributed by atoms with Crippen LogP contribution in [-0.2, 0) is 4.79 Å². The molecule has 0 aliphatic carbocycles. The molecule has 0 saturated carbocycles. The number of amides is 1. The average Bonchev–Trinajstić information content (AvgIpc) is 2.15. The molecule has 1 amide bonds. The molecule has 16 heavy (non-hydrogen) atoms. The van der Waals surface area contributed by atoms with Gasteiger partial charge < -0.3 is 10.6 Å². The Labute approximate surface area is 95.4 Å². The number of nitrogens with two attached hydrogens (primary N) is 1. The highest BCUT2D eigenvalue weighted by Gasteiger charge is 2.18. The summed E-state index contributed by atoms with van der Waals surface area (Å²) >= 11 is 0. The first kappa shape index (κ1) is 15.2. The molecule has 2 N–H and O–H groups in total. The van der Waals surface area contributed by atoms with E-state index in [1.165, 1.54) is 9.80 Å². The van der Waals surface area contributed by atoms with E-state index in [-0.39, 0.29) is 25.0 Å². The van der Waals surface area contributed by atoms with E-state index >= 15 is 0 Å². The van der Waals surface area contributed by atoms with E-state index in [1.807, 2.05) is 13.8 Å². The maximum atomic E-state index is 12.2. The van der Waals surface area contributed by atoms with Crippen molar-refractivity contribution in [1.82, 2.24) is 9.80 Å². The molecule has 0 aliphatic heterocycles. The average molecular weight is 237 g/mol. The fraction of sp³-hybridized carbons (Fsp3) is 0.900. The van der Waals surface area contributed by atoms with Crippen LogP contribution in [-0.4, -0.2) is 61.4 Å². The van der Waals surface area contributed by atoms with Gasteiger partial charge in [0.2, 0.25) is 5.91 Å². The third-order valence-electron chi connectivity index (χ3n) is 2.37. The number of rotatable bonds is 7. The summed E-state index contributed by atoms with van der Waals surface area (Å²) in [7, 11) is 1.66. The molecule has 0 heterocycles. The minimum Gasteiger partial charge on any atom is -0.342 e. The lowest BCUT2D eigenvalue weighted by Crippen LogP contribution is -2.44. The summed E-state index contributed by atoms with van der Waals surface area (Å²) in [6.45, 7) is 3.91. The van der Waals surface area contributed by atoms with Gasteiger partial charge in [-0.05, 0) is 13.8 Å². The highest BCUT2D eigenvalue weighted by atomic mass is 19.3. The number of hydrogen-bond acceptors (Lipinski definition) is 3. The standard InChI is InChI=1S/C10H21F2N3O/c1-8(2)14(3)10(16)7-15(5-4-13)6-9(11)12/h8-9H,4-7,13H2,1-3H3. The van der Waals surface area contributed by atoms with Crippen molar-refractivity contribution >= 4 is 5.91 Å². The molecule has 0 spiro atoms. The predicted molar refractivity (Wildman–Crippen MR) is 59.4 cm³/mol. The first-order chi connectivity index (χ1) is 7.38. The first-order valence-corrected chi connectivity index (χ1v) is 5.34. The molecule has 96 valence electrons. The largest absolute Gasteiger partial charge is 0.342 e. The molecule has 0 radical (unpaired) electrons. The Hall–Kier alpha value is -0.750. The molecule has 0 aromatic carbocycles. The fourth-order valence-corrected chi connectivity index (χ4v) is 1.20. The van der Waals surface area contributed by atoms with Crippen molar-refractivity contribution in [1.29, 1.82) is 0 Å². The summed E-state index contributed by atoms with van der Waals surface area (Å²) in [5.74, 6) is -0.163. The van der Waals surface area contributed by atoms with Crippen molar-refractivity contribution in [3.63, 3.8) is 0 Å². The van der Waals surface area contributed by atoms with Crippen molar-refractivity contribution < 1.29 is 13.6 Å². The number of likely N-dealkylation sites (N-methyl/N-ethyl adjacent to an activating group) is 1. The zero-order valence-corrected chi connectivity index (χ0v) is 10.1. The number of nitrogens with zero attached hydrogens (tertiary/aromatic N) is 2. The lowest BCUT2D eigenvalue weighted by atomic mass is 10.3. The molecule has 6 heteroatoms. The van der Waals surface area contributed by atoms with E-state index < -0.39 is 13.0 Å². The zero-order valence-electron chi connectivity index (χ0n) is 10.1. The Kier molecular flexibility index (Phi) is 7.16. The predicted octanol–water partition coefficient (Wildman–Crippen LogP) is 0.379. The molecule has 0 rings (SSSR count). The molecule has 0 atom stereocenters. The molecule has 0 aromatic rings. The molecule has 0 unspecified atom stereocenters. The smallest absolute Gasteiger partial charge is 0.251 e. The van der Waals surface area contributed by atoms with Gasteiger partial charge in [-0.2, -0.15) is 0 Å². The second-order valence-corrected chi connectivity index (χ2v) is 4.01. The fourth-order valence-electron chi connectivity index (χ4n) is 1.20. The second-order valence-electron chi connectivity index (χ2n) is 4.01. The van der Waals surface area contributed by atoms with Crippen LogP contribution in [0.15, 0.2) is 0 Å². The van der Waals surface area contributed by atoms with Crippen molar-refractivity contribution in [2.75, 3.05) is 33.2 Å². The van der Waals surface area contributed by atoms with Gasteiger partial charge in [-0.3, -0.25) is 9.69 Å². The van der Waals surface area contributed by atoms with E-state index in [2.05, 4.69) is 0 Å². The molecule has 0 saturated heterocycles. The summed E-state index contributed by atoms with van der Waals surface area (Å²) in [5.41, 5.74) is 5.31.